The smallest absolute Gasteiger partial charge is 0.0776 e. The number of halogens is 1. The van der Waals surface area contributed by atoms with Gasteiger partial charge in [-0.15, -0.1) is 0 Å². The highest BCUT2D eigenvalue weighted by atomic mass is 35.5. The number of aliphatic imine (C=N–C) groups is 1. The van der Waals surface area contributed by atoms with Crippen LogP contribution in [0.2, 0.25) is 5.02 Å². The van der Waals surface area contributed by atoms with Crippen molar-refractivity contribution in [1.29, 1.82) is 5.26 Å². The van der Waals surface area contributed by atoms with E-state index in [4.69, 9.17) is 16.9 Å². The minimum absolute atomic E-state index is 0.331. The zero-order valence-corrected chi connectivity index (χ0v) is 8.04. The monoisotopic (exact) mass is 192 g/mol. The maximum atomic E-state index is 8.53. The quantitative estimate of drug-likeness (QED) is 0.664. The van der Waals surface area contributed by atoms with Crippen LogP contribution in [0.3, 0.4) is 0 Å². The highest BCUT2D eigenvalue weighted by Gasteiger charge is 2.00. The Kier molecular flexibility index (Phi) is 3.48. The lowest BCUT2D eigenvalue weighted by molar-refractivity contribution is 1.33. The molecule has 0 unspecified atom stereocenters. The van der Waals surface area contributed by atoms with Gasteiger partial charge in [-0.1, -0.05) is 23.7 Å². The van der Waals surface area contributed by atoms with Crippen LogP contribution in [0.25, 0.3) is 0 Å². The molecular formula is C10H9ClN2. The number of rotatable bonds is 2. The summed E-state index contributed by atoms with van der Waals surface area (Å²) in [5, 5.41) is 9.22. The summed E-state index contributed by atoms with van der Waals surface area (Å²) in [7, 11) is 1.68. The zero-order valence-electron chi connectivity index (χ0n) is 7.29. The summed E-state index contributed by atoms with van der Waals surface area (Å²) in [5.74, 6) is 0. The molecule has 66 valence electrons. The first-order chi connectivity index (χ1) is 6.27. The molecule has 3 heteroatoms. The Morgan fingerprint density at radius 2 is 2.08 bits per heavy atom. The van der Waals surface area contributed by atoms with Crippen molar-refractivity contribution in [3.8, 4) is 6.07 Å². The van der Waals surface area contributed by atoms with Crippen molar-refractivity contribution in [3.63, 3.8) is 0 Å². The van der Waals surface area contributed by atoms with Crippen LogP contribution in [0.15, 0.2) is 29.3 Å². The van der Waals surface area contributed by atoms with E-state index in [1.807, 2.05) is 12.1 Å². The molecule has 0 saturated heterocycles. The van der Waals surface area contributed by atoms with E-state index in [1.165, 1.54) is 0 Å². The molecule has 0 aliphatic rings. The molecule has 1 rings (SSSR count). The summed E-state index contributed by atoms with van der Waals surface area (Å²) in [6.45, 7) is 0. The SMILES string of the molecule is CN=C(CC#N)c1ccc(Cl)cc1. The predicted molar refractivity (Wildman–Crippen MR) is 54.1 cm³/mol. The number of nitrogens with zero attached hydrogens (tertiary/aromatic N) is 2. The summed E-state index contributed by atoms with van der Waals surface area (Å²) in [4.78, 5) is 4.03. The lowest BCUT2D eigenvalue weighted by atomic mass is 10.1. The lowest BCUT2D eigenvalue weighted by Crippen LogP contribution is -1.98. The Hall–Kier alpha value is -1.33. The Labute approximate surface area is 82.5 Å². The highest BCUT2D eigenvalue weighted by Crippen LogP contribution is 2.11. The summed E-state index contributed by atoms with van der Waals surface area (Å²) in [6, 6.07) is 9.38. The molecule has 0 saturated carbocycles. The van der Waals surface area contributed by atoms with Gasteiger partial charge in [0.25, 0.3) is 0 Å². The van der Waals surface area contributed by atoms with E-state index in [0.29, 0.717) is 11.4 Å². The molecule has 0 spiro atoms. The van der Waals surface area contributed by atoms with Crippen LogP contribution in [0.1, 0.15) is 12.0 Å². The van der Waals surface area contributed by atoms with E-state index >= 15 is 0 Å². The molecule has 0 amide bonds. The van der Waals surface area contributed by atoms with Crippen molar-refractivity contribution in [1.82, 2.24) is 0 Å². The van der Waals surface area contributed by atoms with Crippen LogP contribution in [-0.2, 0) is 0 Å². The van der Waals surface area contributed by atoms with Crippen molar-refractivity contribution >= 4 is 17.3 Å². The molecule has 0 bridgehead atoms. The molecule has 13 heavy (non-hydrogen) atoms. The van der Waals surface area contributed by atoms with Crippen molar-refractivity contribution in [2.75, 3.05) is 7.05 Å². The molecule has 0 aliphatic heterocycles. The van der Waals surface area contributed by atoms with Crippen molar-refractivity contribution in [2.45, 2.75) is 6.42 Å². The first-order valence-corrected chi connectivity index (χ1v) is 4.24. The van der Waals surface area contributed by atoms with Crippen LogP contribution in [0.4, 0.5) is 0 Å². The van der Waals surface area contributed by atoms with Gasteiger partial charge in [0.2, 0.25) is 0 Å². The fourth-order valence-electron chi connectivity index (χ4n) is 1.03. The summed E-state index contributed by atoms with van der Waals surface area (Å²) in [5.41, 5.74) is 1.74. The minimum Gasteiger partial charge on any atom is -0.291 e. The molecule has 1 aromatic carbocycles. The van der Waals surface area contributed by atoms with E-state index in [-0.39, 0.29) is 0 Å². The Balaban J connectivity index is 2.95. The second-order valence-electron chi connectivity index (χ2n) is 2.51. The van der Waals surface area contributed by atoms with Gasteiger partial charge in [-0.3, -0.25) is 4.99 Å². The van der Waals surface area contributed by atoms with Crippen LogP contribution >= 0.6 is 11.6 Å². The van der Waals surface area contributed by atoms with Gasteiger partial charge in [0.05, 0.1) is 18.2 Å². The van der Waals surface area contributed by atoms with Crippen LogP contribution < -0.4 is 0 Å². The van der Waals surface area contributed by atoms with E-state index < -0.39 is 0 Å². The number of hydrogen-bond donors (Lipinski definition) is 0. The first-order valence-electron chi connectivity index (χ1n) is 3.86. The minimum atomic E-state index is 0.331. The predicted octanol–water partition coefficient (Wildman–Crippen LogP) is 2.67. The average molecular weight is 193 g/mol. The van der Waals surface area contributed by atoms with Crippen LogP contribution in [0, 0.1) is 11.3 Å². The standard InChI is InChI=1S/C10H9ClN2/c1-13-10(6-7-12)8-2-4-9(11)5-3-8/h2-5H,6H2,1H3. The average Bonchev–Trinajstić information content (AvgIpc) is 2.16. The lowest BCUT2D eigenvalue weighted by Gasteiger charge is -2.00. The maximum Gasteiger partial charge on any atom is 0.0776 e. The van der Waals surface area contributed by atoms with Gasteiger partial charge in [0, 0.05) is 12.1 Å². The molecular weight excluding hydrogens is 184 g/mol. The number of hydrogen-bond acceptors (Lipinski definition) is 2. The number of nitriles is 1. The second-order valence-corrected chi connectivity index (χ2v) is 2.95. The van der Waals surface area contributed by atoms with Gasteiger partial charge >= 0.3 is 0 Å². The number of benzene rings is 1. The van der Waals surface area contributed by atoms with Gasteiger partial charge < -0.3 is 0 Å². The molecule has 0 atom stereocenters. The Bertz CT molecular complexity index is 346. The van der Waals surface area contributed by atoms with Gasteiger partial charge in [0.15, 0.2) is 0 Å². The molecule has 2 nitrogen and oxygen atoms in total. The Morgan fingerprint density at radius 3 is 2.54 bits per heavy atom. The molecule has 0 heterocycles. The molecule has 0 radical (unpaired) electrons. The van der Waals surface area contributed by atoms with E-state index in [2.05, 4.69) is 11.1 Å². The van der Waals surface area contributed by atoms with Crippen LogP contribution in [-0.4, -0.2) is 12.8 Å². The fourth-order valence-corrected chi connectivity index (χ4v) is 1.15. The normalized spacial score (nSPS) is 11.0. The summed E-state index contributed by atoms with van der Waals surface area (Å²) < 4.78 is 0. The first kappa shape index (κ1) is 9.76. The van der Waals surface area contributed by atoms with E-state index in [1.54, 1.807) is 19.2 Å². The maximum absolute atomic E-state index is 8.53. The molecule has 0 aromatic heterocycles. The van der Waals surface area contributed by atoms with E-state index in [0.717, 1.165) is 11.3 Å². The third-order valence-corrected chi connectivity index (χ3v) is 1.95. The van der Waals surface area contributed by atoms with Gasteiger partial charge in [-0.25, -0.2) is 0 Å². The van der Waals surface area contributed by atoms with Gasteiger partial charge in [-0.2, -0.15) is 5.26 Å². The zero-order chi connectivity index (χ0) is 9.68. The van der Waals surface area contributed by atoms with Crippen molar-refractivity contribution in [3.05, 3.63) is 34.9 Å². The van der Waals surface area contributed by atoms with Crippen molar-refractivity contribution in [2.24, 2.45) is 4.99 Å². The highest BCUT2D eigenvalue weighted by molar-refractivity contribution is 6.30. The second kappa shape index (κ2) is 4.64. The molecule has 1 aromatic rings. The topological polar surface area (TPSA) is 36.1 Å². The molecule has 0 aliphatic carbocycles. The molecule has 0 fully saturated rings. The van der Waals surface area contributed by atoms with Crippen molar-refractivity contribution < 1.29 is 0 Å². The third-order valence-electron chi connectivity index (χ3n) is 1.69. The van der Waals surface area contributed by atoms with E-state index in [9.17, 15) is 0 Å². The van der Waals surface area contributed by atoms with Crippen LogP contribution in [0.5, 0.6) is 0 Å². The largest absolute Gasteiger partial charge is 0.291 e. The summed E-state index contributed by atoms with van der Waals surface area (Å²) >= 11 is 5.73. The van der Waals surface area contributed by atoms with Gasteiger partial charge in [0.1, 0.15) is 0 Å². The molecule has 0 N–H and O–H groups in total. The van der Waals surface area contributed by atoms with Gasteiger partial charge in [-0.05, 0) is 17.7 Å². The fraction of sp³-hybridized carbons (Fsp3) is 0.200. The Morgan fingerprint density at radius 1 is 1.46 bits per heavy atom. The summed E-state index contributed by atoms with van der Waals surface area (Å²) in [6.07, 6.45) is 0.331. The third kappa shape index (κ3) is 2.57.